The van der Waals surface area contributed by atoms with Gasteiger partial charge in [0, 0.05) is 26.6 Å². The summed E-state index contributed by atoms with van der Waals surface area (Å²) in [6.45, 7) is -6.53. The molecule has 1 atom stereocenters. The zero-order valence-electron chi connectivity index (χ0n) is 20.0. The van der Waals surface area contributed by atoms with Crippen LogP contribution in [0.1, 0.15) is 46.8 Å². The molecular formula is C25H25F4N3O5. The van der Waals surface area contributed by atoms with Gasteiger partial charge >= 0.3 is 13.2 Å². The molecule has 1 aliphatic heterocycles. The van der Waals surface area contributed by atoms with E-state index >= 15 is 0 Å². The van der Waals surface area contributed by atoms with Gasteiger partial charge in [0.1, 0.15) is 0 Å². The van der Waals surface area contributed by atoms with Crippen molar-refractivity contribution in [3.05, 3.63) is 53.1 Å². The molecule has 198 valence electrons. The molecule has 0 saturated heterocycles. The van der Waals surface area contributed by atoms with E-state index in [0.29, 0.717) is 11.3 Å². The number of amides is 3. The Labute approximate surface area is 210 Å². The van der Waals surface area contributed by atoms with E-state index in [1.54, 1.807) is 18.2 Å². The van der Waals surface area contributed by atoms with Gasteiger partial charge in [0.15, 0.2) is 11.5 Å². The van der Waals surface area contributed by atoms with Crippen LogP contribution in [0.3, 0.4) is 0 Å². The zero-order chi connectivity index (χ0) is 26.9. The van der Waals surface area contributed by atoms with Crippen LogP contribution >= 0.6 is 0 Å². The van der Waals surface area contributed by atoms with Crippen LogP contribution in [-0.4, -0.2) is 54.8 Å². The summed E-state index contributed by atoms with van der Waals surface area (Å²) in [5.41, 5.74) is 1.45. The smallest absolute Gasteiger partial charge is 0.387 e. The molecule has 0 bridgehead atoms. The number of alkyl halides is 4. The highest BCUT2D eigenvalue weighted by atomic mass is 19.3. The van der Waals surface area contributed by atoms with Gasteiger partial charge in [0.05, 0.1) is 23.7 Å². The molecule has 0 spiro atoms. The van der Waals surface area contributed by atoms with Crippen LogP contribution < -0.4 is 14.8 Å². The Balaban J connectivity index is 1.70. The summed E-state index contributed by atoms with van der Waals surface area (Å²) >= 11 is 0. The summed E-state index contributed by atoms with van der Waals surface area (Å²) in [5, 5.41) is 2.80. The summed E-state index contributed by atoms with van der Waals surface area (Å²) in [6, 6.07) is 7.48. The maximum Gasteiger partial charge on any atom is 0.387 e. The maximum absolute atomic E-state index is 13.6. The maximum atomic E-state index is 13.6. The van der Waals surface area contributed by atoms with Gasteiger partial charge in [-0.25, -0.2) is 0 Å². The topological polar surface area (TPSA) is 88.2 Å². The molecule has 37 heavy (non-hydrogen) atoms. The van der Waals surface area contributed by atoms with Gasteiger partial charge in [-0.05, 0) is 42.2 Å². The summed E-state index contributed by atoms with van der Waals surface area (Å²) < 4.78 is 60.3. The number of nitrogens with one attached hydrogen (secondary N) is 1. The SMILES string of the molecule is CN(C)C(=O)CC(c1ccc(OC(F)F)c(OC(F)F)c1)N1Cc2cccc(NC(=O)C3CC3)c2C1=O. The van der Waals surface area contributed by atoms with Gasteiger partial charge in [-0.1, -0.05) is 18.2 Å². The minimum absolute atomic E-state index is 0.0764. The summed E-state index contributed by atoms with van der Waals surface area (Å²) in [4.78, 5) is 41.3. The van der Waals surface area contributed by atoms with E-state index in [1.807, 2.05) is 0 Å². The van der Waals surface area contributed by atoms with Crippen molar-refractivity contribution in [1.82, 2.24) is 9.80 Å². The number of ether oxygens (including phenoxy) is 2. The molecule has 2 aromatic carbocycles. The number of hydrogen-bond donors (Lipinski definition) is 1. The lowest BCUT2D eigenvalue weighted by molar-refractivity contribution is -0.129. The first-order valence-corrected chi connectivity index (χ1v) is 11.5. The van der Waals surface area contributed by atoms with E-state index in [9.17, 15) is 31.9 Å². The number of halogens is 4. The molecule has 2 aliphatic rings. The molecule has 3 amide bonds. The van der Waals surface area contributed by atoms with Crippen LogP contribution in [0.15, 0.2) is 36.4 Å². The second-order valence-electron chi connectivity index (χ2n) is 9.01. The molecule has 1 aliphatic carbocycles. The van der Waals surface area contributed by atoms with Crippen molar-refractivity contribution < 1.29 is 41.4 Å². The molecule has 0 radical (unpaired) electrons. The molecule has 1 fully saturated rings. The third kappa shape index (κ3) is 5.95. The molecule has 0 aromatic heterocycles. The lowest BCUT2D eigenvalue weighted by atomic mass is 10.0. The normalized spacial score (nSPS) is 15.6. The van der Waals surface area contributed by atoms with E-state index in [0.717, 1.165) is 25.0 Å². The fraction of sp³-hybridized carbons (Fsp3) is 0.400. The van der Waals surface area contributed by atoms with Crippen LogP contribution in [0.4, 0.5) is 23.2 Å². The summed E-state index contributed by atoms with van der Waals surface area (Å²) in [5.74, 6) is -2.37. The molecule has 8 nitrogen and oxygen atoms in total. The summed E-state index contributed by atoms with van der Waals surface area (Å²) in [6.07, 6.45) is 1.34. The Bertz CT molecular complexity index is 1200. The quantitative estimate of drug-likeness (QED) is 0.466. The minimum Gasteiger partial charge on any atom is -0.431 e. The van der Waals surface area contributed by atoms with Crippen molar-refractivity contribution in [2.45, 2.75) is 45.1 Å². The first-order valence-electron chi connectivity index (χ1n) is 11.5. The van der Waals surface area contributed by atoms with E-state index in [4.69, 9.17) is 0 Å². The number of hydrogen-bond acceptors (Lipinski definition) is 5. The lowest BCUT2D eigenvalue weighted by Gasteiger charge is -2.29. The predicted molar refractivity (Wildman–Crippen MR) is 123 cm³/mol. The third-order valence-corrected chi connectivity index (χ3v) is 6.20. The standard InChI is InChI=1S/C25H25F4N3O5/c1-31(2)20(33)11-17(14-8-9-18(36-24(26)27)19(10-14)37-25(28)29)32-12-15-4-3-5-16(21(15)23(32)35)30-22(34)13-6-7-13/h3-5,8-10,13,17,24-25H,6-7,11-12H2,1-2H3,(H,30,34). The summed E-state index contributed by atoms with van der Waals surface area (Å²) in [7, 11) is 3.05. The highest BCUT2D eigenvalue weighted by molar-refractivity contribution is 6.07. The van der Waals surface area contributed by atoms with E-state index in [-0.39, 0.29) is 41.8 Å². The van der Waals surface area contributed by atoms with E-state index in [1.165, 1.54) is 30.0 Å². The number of carbonyl (C=O) groups excluding carboxylic acids is 3. The van der Waals surface area contributed by atoms with Crippen molar-refractivity contribution in [2.24, 2.45) is 5.92 Å². The molecule has 2 aromatic rings. The van der Waals surface area contributed by atoms with Crippen molar-refractivity contribution in [3.8, 4) is 11.5 Å². The molecule has 4 rings (SSSR count). The number of carbonyl (C=O) groups is 3. The van der Waals surface area contributed by atoms with Gasteiger partial charge in [0.2, 0.25) is 11.8 Å². The van der Waals surface area contributed by atoms with Gasteiger partial charge < -0.3 is 24.6 Å². The van der Waals surface area contributed by atoms with E-state index < -0.39 is 36.7 Å². The Kier molecular flexibility index (Phi) is 7.55. The van der Waals surface area contributed by atoms with Crippen molar-refractivity contribution in [1.29, 1.82) is 0 Å². The van der Waals surface area contributed by atoms with Crippen LogP contribution in [0.25, 0.3) is 0 Å². The first-order chi connectivity index (χ1) is 17.5. The molecule has 1 heterocycles. The van der Waals surface area contributed by atoms with Gasteiger partial charge in [-0.3, -0.25) is 14.4 Å². The molecular weight excluding hydrogens is 498 g/mol. The number of anilines is 1. The van der Waals surface area contributed by atoms with Crippen LogP contribution in [0.2, 0.25) is 0 Å². The fourth-order valence-electron chi connectivity index (χ4n) is 4.19. The van der Waals surface area contributed by atoms with Crippen LogP contribution in [-0.2, 0) is 16.1 Å². The third-order valence-electron chi connectivity index (χ3n) is 6.20. The Morgan fingerprint density at radius 1 is 1.05 bits per heavy atom. The molecule has 1 N–H and O–H groups in total. The number of nitrogens with zero attached hydrogens (tertiary/aromatic N) is 2. The number of rotatable bonds is 10. The Hall–Kier alpha value is -3.83. The minimum atomic E-state index is -3.33. The second-order valence-corrected chi connectivity index (χ2v) is 9.01. The molecule has 1 unspecified atom stereocenters. The highest BCUT2D eigenvalue weighted by Crippen LogP contribution is 2.40. The van der Waals surface area contributed by atoms with Gasteiger partial charge in [0.25, 0.3) is 5.91 Å². The first kappa shape index (κ1) is 26.2. The van der Waals surface area contributed by atoms with Crippen molar-refractivity contribution in [2.75, 3.05) is 19.4 Å². The average molecular weight is 523 g/mol. The van der Waals surface area contributed by atoms with Crippen molar-refractivity contribution >= 4 is 23.4 Å². The highest BCUT2D eigenvalue weighted by Gasteiger charge is 2.38. The zero-order valence-corrected chi connectivity index (χ0v) is 20.0. The number of fused-ring (bicyclic) bond motifs is 1. The fourth-order valence-corrected chi connectivity index (χ4v) is 4.19. The lowest BCUT2D eigenvalue weighted by Crippen LogP contribution is -2.34. The largest absolute Gasteiger partial charge is 0.431 e. The van der Waals surface area contributed by atoms with Crippen LogP contribution in [0, 0.1) is 5.92 Å². The Morgan fingerprint density at radius 3 is 2.35 bits per heavy atom. The monoisotopic (exact) mass is 523 g/mol. The predicted octanol–water partition coefficient (Wildman–Crippen LogP) is 4.41. The second kappa shape index (κ2) is 10.7. The average Bonchev–Trinajstić information content (AvgIpc) is 3.62. The van der Waals surface area contributed by atoms with E-state index in [2.05, 4.69) is 14.8 Å². The van der Waals surface area contributed by atoms with Gasteiger partial charge in [-0.15, -0.1) is 0 Å². The molecule has 12 heteroatoms. The van der Waals surface area contributed by atoms with Gasteiger partial charge in [-0.2, -0.15) is 17.6 Å². The van der Waals surface area contributed by atoms with Crippen LogP contribution in [0.5, 0.6) is 11.5 Å². The number of benzene rings is 2. The Morgan fingerprint density at radius 2 is 1.73 bits per heavy atom. The van der Waals surface area contributed by atoms with Crippen molar-refractivity contribution in [3.63, 3.8) is 0 Å². The molecule has 1 saturated carbocycles.